The largest absolute Gasteiger partial charge is 0.478 e. The standard InChI is InChI=1S/C13H22N2O2/c1-4-5-6-9-16-12-8-7-11(14)13(15-12)17-10(2)3/h7-8,10H,4-6,9,14H2,1-3H3. The van der Waals surface area contributed by atoms with Crippen LogP contribution in [0.5, 0.6) is 11.8 Å². The number of pyridine rings is 1. The van der Waals surface area contributed by atoms with Crippen LogP contribution >= 0.6 is 0 Å². The van der Waals surface area contributed by atoms with Gasteiger partial charge in [-0.1, -0.05) is 19.8 Å². The van der Waals surface area contributed by atoms with E-state index in [9.17, 15) is 0 Å². The quantitative estimate of drug-likeness (QED) is 0.742. The highest BCUT2D eigenvalue weighted by Gasteiger charge is 2.06. The van der Waals surface area contributed by atoms with Crippen LogP contribution in [0.1, 0.15) is 40.0 Å². The summed E-state index contributed by atoms with van der Waals surface area (Å²) in [6.45, 7) is 6.73. The Balaban J connectivity index is 2.55. The van der Waals surface area contributed by atoms with Crippen molar-refractivity contribution in [3.8, 4) is 11.8 Å². The van der Waals surface area contributed by atoms with Crippen LogP contribution in [0, 0.1) is 0 Å². The lowest BCUT2D eigenvalue weighted by atomic mass is 10.3. The van der Waals surface area contributed by atoms with Gasteiger partial charge in [-0.15, -0.1) is 0 Å². The third-order valence-corrected chi connectivity index (χ3v) is 2.21. The molecule has 17 heavy (non-hydrogen) atoms. The lowest BCUT2D eigenvalue weighted by Crippen LogP contribution is -2.09. The fraction of sp³-hybridized carbons (Fsp3) is 0.615. The molecule has 0 aromatic carbocycles. The summed E-state index contributed by atoms with van der Waals surface area (Å²) in [6.07, 6.45) is 3.45. The van der Waals surface area contributed by atoms with Crippen LogP contribution in [-0.4, -0.2) is 17.7 Å². The maximum absolute atomic E-state index is 5.77. The van der Waals surface area contributed by atoms with E-state index in [1.165, 1.54) is 12.8 Å². The highest BCUT2D eigenvalue weighted by Crippen LogP contribution is 2.23. The van der Waals surface area contributed by atoms with Gasteiger partial charge in [0.2, 0.25) is 11.8 Å². The summed E-state index contributed by atoms with van der Waals surface area (Å²) in [6, 6.07) is 3.54. The number of hydrogen-bond donors (Lipinski definition) is 1. The molecule has 0 radical (unpaired) electrons. The first kappa shape index (κ1) is 13.6. The molecule has 0 aliphatic rings. The minimum absolute atomic E-state index is 0.0557. The first-order chi connectivity index (χ1) is 8.13. The van der Waals surface area contributed by atoms with Crippen LogP contribution in [-0.2, 0) is 0 Å². The average molecular weight is 238 g/mol. The van der Waals surface area contributed by atoms with Crippen LogP contribution in [0.3, 0.4) is 0 Å². The van der Waals surface area contributed by atoms with Gasteiger partial charge in [-0.2, -0.15) is 4.98 Å². The Morgan fingerprint density at radius 2 is 2.06 bits per heavy atom. The number of rotatable bonds is 7. The SMILES string of the molecule is CCCCCOc1ccc(N)c(OC(C)C)n1. The van der Waals surface area contributed by atoms with Crippen molar-refractivity contribution in [1.29, 1.82) is 0 Å². The van der Waals surface area contributed by atoms with Gasteiger partial charge in [0.25, 0.3) is 0 Å². The van der Waals surface area contributed by atoms with Crippen molar-refractivity contribution < 1.29 is 9.47 Å². The summed E-state index contributed by atoms with van der Waals surface area (Å²) in [7, 11) is 0. The number of nitrogens with two attached hydrogens (primary N) is 1. The highest BCUT2D eigenvalue weighted by atomic mass is 16.5. The Kier molecular flexibility index (Phi) is 5.60. The van der Waals surface area contributed by atoms with E-state index >= 15 is 0 Å². The molecule has 0 aliphatic heterocycles. The molecule has 1 rings (SSSR count). The topological polar surface area (TPSA) is 57.4 Å². The minimum Gasteiger partial charge on any atom is -0.478 e. The predicted molar refractivity (Wildman–Crippen MR) is 69.4 cm³/mol. The molecule has 2 N–H and O–H groups in total. The van der Waals surface area contributed by atoms with Crippen LogP contribution < -0.4 is 15.2 Å². The van der Waals surface area contributed by atoms with Gasteiger partial charge in [-0.3, -0.25) is 0 Å². The van der Waals surface area contributed by atoms with E-state index in [1.807, 2.05) is 13.8 Å². The van der Waals surface area contributed by atoms with Crippen LogP contribution in [0.15, 0.2) is 12.1 Å². The minimum atomic E-state index is 0.0557. The Morgan fingerprint density at radius 3 is 2.71 bits per heavy atom. The van der Waals surface area contributed by atoms with Crippen LogP contribution in [0.25, 0.3) is 0 Å². The Bertz CT molecular complexity index is 340. The molecule has 4 heteroatoms. The van der Waals surface area contributed by atoms with Gasteiger partial charge in [0.05, 0.1) is 18.4 Å². The normalized spacial score (nSPS) is 10.6. The number of anilines is 1. The molecule has 0 amide bonds. The summed E-state index contributed by atoms with van der Waals surface area (Å²) < 4.78 is 11.0. The third kappa shape index (κ3) is 4.93. The van der Waals surface area contributed by atoms with E-state index in [4.69, 9.17) is 15.2 Å². The van der Waals surface area contributed by atoms with Crippen LogP contribution in [0.4, 0.5) is 5.69 Å². The molecule has 4 nitrogen and oxygen atoms in total. The summed E-state index contributed by atoms with van der Waals surface area (Å²) in [5.41, 5.74) is 6.31. The number of aromatic nitrogens is 1. The molecule has 0 atom stereocenters. The second kappa shape index (κ2) is 6.99. The maximum Gasteiger partial charge on any atom is 0.240 e. The molecular weight excluding hydrogens is 216 g/mol. The molecule has 0 saturated carbocycles. The van der Waals surface area contributed by atoms with E-state index in [1.54, 1.807) is 12.1 Å². The van der Waals surface area contributed by atoms with Crippen molar-refractivity contribution in [2.24, 2.45) is 0 Å². The third-order valence-electron chi connectivity index (χ3n) is 2.21. The maximum atomic E-state index is 5.77. The molecule has 0 saturated heterocycles. The lowest BCUT2D eigenvalue weighted by molar-refractivity contribution is 0.227. The van der Waals surface area contributed by atoms with Gasteiger partial charge in [-0.05, 0) is 26.3 Å². The molecule has 1 heterocycles. The molecule has 0 fully saturated rings. The Hall–Kier alpha value is -1.45. The zero-order chi connectivity index (χ0) is 12.7. The van der Waals surface area contributed by atoms with Gasteiger partial charge >= 0.3 is 0 Å². The first-order valence-corrected chi connectivity index (χ1v) is 6.19. The van der Waals surface area contributed by atoms with E-state index < -0.39 is 0 Å². The van der Waals surface area contributed by atoms with E-state index in [0.29, 0.717) is 24.1 Å². The smallest absolute Gasteiger partial charge is 0.240 e. The number of unbranched alkanes of at least 4 members (excludes halogenated alkanes) is 2. The zero-order valence-electron chi connectivity index (χ0n) is 10.9. The zero-order valence-corrected chi connectivity index (χ0v) is 10.9. The van der Waals surface area contributed by atoms with Gasteiger partial charge in [-0.25, -0.2) is 0 Å². The van der Waals surface area contributed by atoms with Crippen molar-refractivity contribution in [2.45, 2.75) is 46.1 Å². The summed E-state index contributed by atoms with van der Waals surface area (Å²) in [4.78, 5) is 4.24. The molecule has 96 valence electrons. The van der Waals surface area contributed by atoms with E-state index in [0.717, 1.165) is 6.42 Å². The Labute approximate surface area is 103 Å². The van der Waals surface area contributed by atoms with E-state index in [2.05, 4.69) is 11.9 Å². The fourth-order valence-electron chi connectivity index (χ4n) is 1.36. The summed E-state index contributed by atoms with van der Waals surface area (Å²) >= 11 is 0. The number of ether oxygens (including phenoxy) is 2. The van der Waals surface area contributed by atoms with Crippen molar-refractivity contribution in [2.75, 3.05) is 12.3 Å². The van der Waals surface area contributed by atoms with Crippen molar-refractivity contribution in [3.05, 3.63) is 12.1 Å². The molecular formula is C13H22N2O2. The fourth-order valence-corrected chi connectivity index (χ4v) is 1.36. The number of hydrogen-bond acceptors (Lipinski definition) is 4. The van der Waals surface area contributed by atoms with Crippen molar-refractivity contribution in [1.82, 2.24) is 4.98 Å². The Morgan fingerprint density at radius 1 is 1.29 bits per heavy atom. The van der Waals surface area contributed by atoms with E-state index in [-0.39, 0.29) is 6.10 Å². The summed E-state index contributed by atoms with van der Waals surface area (Å²) in [5.74, 6) is 1.03. The highest BCUT2D eigenvalue weighted by molar-refractivity contribution is 5.49. The van der Waals surface area contributed by atoms with Crippen LogP contribution in [0.2, 0.25) is 0 Å². The predicted octanol–water partition coefficient (Wildman–Crippen LogP) is 3.02. The van der Waals surface area contributed by atoms with Gasteiger partial charge < -0.3 is 15.2 Å². The second-order valence-corrected chi connectivity index (χ2v) is 4.27. The molecule has 0 aliphatic carbocycles. The first-order valence-electron chi connectivity index (χ1n) is 6.19. The monoisotopic (exact) mass is 238 g/mol. The second-order valence-electron chi connectivity index (χ2n) is 4.27. The molecule has 0 spiro atoms. The van der Waals surface area contributed by atoms with Crippen molar-refractivity contribution >= 4 is 5.69 Å². The molecule has 0 unspecified atom stereocenters. The molecule has 1 aromatic rings. The summed E-state index contributed by atoms with van der Waals surface area (Å²) in [5, 5.41) is 0. The van der Waals surface area contributed by atoms with Gasteiger partial charge in [0, 0.05) is 6.07 Å². The molecule has 0 bridgehead atoms. The van der Waals surface area contributed by atoms with Gasteiger partial charge in [0.15, 0.2) is 0 Å². The molecule has 1 aromatic heterocycles. The number of nitrogens with zero attached hydrogens (tertiary/aromatic N) is 1. The average Bonchev–Trinajstić information content (AvgIpc) is 2.28. The number of nitrogen functional groups attached to an aromatic ring is 1. The van der Waals surface area contributed by atoms with Crippen molar-refractivity contribution in [3.63, 3.8) is 0 Å². The van der Waals surface area contributed by atoms with Gasteiger partial charge in [0.1, 0.15) is 0 Å². The lowest BCUT2D eigenvalue weighted by Gasteiger charge is -2.12.